The second-order valence-electron chi connectivity index (χ2n) is 4.79. The SMILES string of the molecule is [C-]#[N+]CCNC1CCC(C)C(NCCC#N)C1. The highest BCUT2D eigenvalue weighted by Crippen LogP contribution is 2.24. The van der Waals surface area contributed by atoms with E-state index in [1.165, 1.54) is 12.8 Å². The number of nitrogens with one attached hydrogen (secondary N) is 2. The minimum atomic E-state index is 0.516. The minimum absolute atomic E-state index is 0.516. The Hall–Kier alpha value is -1.10. The molecule has 0 aromatic carbocycles. The highest BCUT2D eigenvalue weighted by atomic mass is 15.0. The Bertz CT molecular complexity index is 289. The molecule has 0 aromatic heterocycles. The van der Waals surface area contributed by atoms with Crippen molar-refractivity contribution in [3.8, 4) is 6.07 Å². The van der Waals surface area contributed by atoms with Gasteiger partial charge in [-0.3, -0.25) is 0 Å². The average molecular weight is 234 g/mol. The highest BCUT2D eigenvalue weighted by Gasteiger charge is 2.26. The van der Waals surface area contributed by atoms with Gasteiger partial charge in [-0.1, -0.05) is 6.92 Å². The van der Waals surface area contributed by atoms with Gasteiger partial charge >= 0.3 is 0 Å². The molecular formula is C13H22N4. The highest BCUT2D eigenvalue weighted by molar-refractivity contribution is 4.87. The van der Waals surface area contributed by atoms with Crippen LogP contribution in [0.1, 0.15) is 32.6 Å². The Morgan fingerprint density at radius 1 is 1.35 bits per heavy atom. The van der Waals surface area contributed by atoms with Crippen LogP contribution >= 0.6 is 0 Å². The molecule has 1 rings (SSSR count). The molecule has 2 N–H and O–H groups in total. The van der Waals surface area contributed by atoms with Crippen LogP contribution < -0.4 is 10.6 Å². The fraction of sp³-hybridized carbons (Fsp3) is 0.846. The smallest absolute Gasteiger partial charge is 0.226 e. The lowest BCUT2D eigenvalue weighted by molar-refractivity contribution is 0.237. The number of nitrogens with zero attached hydrogens (tertiary/aromatic N) is 2. The molecule has 0 spiro atoms. The molecule has 3 atom stereocenters. The molecule has 17 heavy (non-hydrogen) atoms. The number of hydrogen-bond acceptors (Lipinski definition) is 3. The third-order valence-electron chi connectivity index (χ3n) is 3.50. The van der Waals surface area contributed by atoms with E-state index in [0.29, 0.717) is 31.0 Å². The van der Waals surface area contributed by atoms with Crippen LogP contribution in [0.3, 0.4) is 0 Å². The van der Waals surface area contributed by atoms with Crippen molar-refractivity contribution >= 4 is 0 Å². The van der Waals surface area contributed by atoms with Crippen molar-refractivity contribution in [2.75, 3.05) is 19.6 Å². The zero-order valence-corrected chi connectivity index (χ0v) is 10.6. The van der Waals surface area contributed by atoms with Crippen molar-refractivity contribution in [1.82, 2.24) is 10.6 Å². The summed E-state index contributed by atoms with van der Waals surface area (Å²) in [5.74, 6) is 0.688. The predicted octanol–water partition coefficient (Wildman–Crippen LogP) is 1.56. The van der Waals surface area contributed by atoms with E-state index < -0.39 is 0 Å². The summed E-state index contributed by atoms with van der Waals surface area (Å²) in [6.45, 7) is 11.2. The Morgan fingerprint density at radius 2 is 2.18 bits per heavy atom. The molecule has 0 amide bonds. The summed E-state index contributed by atoms with van der Waals surface area (Å²) in [5.41, 5.74) is 0. The Labute approximate surface area is 104 Å². The largest absolute Gasteiger partial charge is 0.316 e. The number of nitriles is 1. The second-order valence-corrected chi connectivity index (χ2v) is 4.79. The summed E-state index contributed by atoms with van der Waals surface area (Å²) < 4.78 is 0. The van der Waals surface area contributed by atoms with E-state index in [1.807, 2.05) is 0 Å². The summed E-state index contributed by atoms with van der Waals surface area (Å²) in [5, 5.41) is 15.4. The van der Waals surface area contributed by atoms with Gasteiger partial charge in [0, 0.05) is 25.0 Å². The van der Waals surface area contributed by atoms with Crippen LogP contribution in [0.5, 0.6) is 0 Å². The second kappa shape index (κ2) is 8.06. The van der Waals surface area contributed by atoms with Crippen molar-refractivity contribution < 1.29 is 0 Å². The van der Waals surface area contributed by atoms with Gasteiger partial charge in [0.2, 0.25) is 6.54 Å². The number of rotatable bonds is 6. The Kier molecular flexibility index (Phi) is 6.62. The van der Waals surface area contributed by atoms with Crippen LogP contribution in [0, 0.1) is 23.8 Å². The first kappa shape index (κ1) is 14.0. The molecule has 4 nitrogen and oxygen atoms in total. The van der Waals surface area contributed by atoms with Crippen molar-refractivity contribution in [3.63, 3.8) is 0 Å². The zero-order valence-electron chi connectivity index (χ0n) is 10.6. The third kappa shape index (κ3) is 5.17. The Morgan fingerprint density at radius 3 is 2.88 bits per heavy atom. The van der Waals surface area contributed by atoms with Gasteiger partial charge in [-0.2, -0.15) is 5.26 Å². The molecular weight excluding hydrogens is 212 g/mol. The van der Waals surface area contributed by atoms with Gasteiger partial charge < -0.3 is 15.5 Å². The summed E-state index contributed by atoms with van der Waals surface area (Å²) in [6, 6.07) is 3.21. The predicted molar refractivity (Wildman–Crippen MR) is 68.3 cm³/mol. The van der Waals surface area contributed by atoms with E-state index in [9.17, 15) is 0 Å². The number of hydrogen-bond donors (Lipinski definition) is 2. The maximum atomic E-state index is 8.53. The topological polar surface area (TPSA) is 52.2 Å². The lowest BCUT2D eigenvalue weighted by atomic mass is 9.83. The minimum Gasteiger partial charge on any atom is -0.316 e. The molecule has 94 valence electrons. The van der Waals surface area contributed by atoms with Gasteiger partial charge in [-0.25, -0.2) is 6.57 Å². The molecule has 0 radical (unpaired) electrons. The van der Waals surface area contributed by atoms with Crippen molar-refractivity contribution in [2.45, 2.75) is 44.7 Å². The molecule has 0 aliphatic heterocycles. The van der Waals surface area contributed by atoms with E-state index in [4.69, 9.17) is 11.8 Å². The molecule has 4 heteroatoms. The van der Waals surface area contributed by atoms with Crippen molar-refractivity contribution in [1.29, 1.82) is 5.26 Å². The molecule has 1 saturated carbocycles. The molecule has 1 fully saturated rings. The van der Waals surface area contributed by atoms with Gasteiger partial charge in [0.1, 0.15) is 0 Å². The third-order valence-corrected chi connectivity index (χ3v) is 3.50. The van der Waals surface area contributed by atoms with Crippen molar-refractivity contribution in [3.05, 3.63) is 11.4 Å². The Balaban J connectivity index is 2.27. The van der Waals surface area contributed by atoms with E-state index in [0.717, 1.165) is 19.5 Å². The molecule has 0 heterocycles. The summed E-state index contributed by atoms with van der Waals surface area (Å²) in [6.07, 6.45) is 4.12. The van der Waals surface area contributed by atoms with Gasteiger partial charge in [-0.15, -0.1) is 0 Å². The maximum absolute atomic E-state index is 8.53. The average Bonchev–Trinajstić information content (AvgIpc) is 2.33. The fourth-order valence-electron chi connectivity index (χ4n) is 2.43. The van der Waals surface area contributed by atoms with Crippen LogP contribution in [0.15, 0.2) is 0 Å². The van der Waals surface area contributed by atoms with E-state index in [1.54, 1.807) is 0 Å². The van der Waals surface area contributed by atoms with Crippen LogP contribution in [0.2, 0.25) is 0 Å². The van der Waals surface area contributed by atoms with Gasteiger partial charge in [-0.05, 0) is 25.2 Å². The summed E-state index contributed by atoms with van der Waals surface area (Å²) >= 11 is 0. The van der Waals surface area contributed by atoms with Crippen LogP contribution in [0.4, 0.5) is 0 Å². The van der Waals surface area contributed by atoms with Gasteiger partial charge in [0.25, 0.3) is 0 Å². The quantitative estimate of drug-likeness (QED) is 0.541. The molecule has 0 bridgehead atoms. The van der Waals surface area contributed by atoms with Gasteiger partial charge in [0.05, 0.1) is 12.6 Å². The van der Waals surface area contributed by atoms with Crippen LogP contribution in [-0.4, -0.2) is 31.7 Å². The van der Waals surface area contributed by atoms with E-state index >= 15 is 0 Å². The fourth-order valence-corrected chi connectivity index (χ4v) is 2.43. The maximum Gasteiger partial charge on any atom is 0.226 e. The molecule has 1 aliphatic carbocycles. The first-order valence-electron chi connectivity index (χ1n) is 6.45. The standard InChI is InChI=1S/C13H22N4/c1-11-4-5-12(16-9-8-15-2)10-13(11)17-7-3-6-14/h11-13,16-17H,3-5,7-10H2,1H3. The lowest BCUT2D eigenvalue weighted by Crippen LogP contribution is -2.46. The van der Waals surface area contributed by atoms with E-state index in [2.05, 4.69) is 28.5 Å². The molecule has 3 unspecified atom stereocenters. The van der Waals surface area contributed by atoms with Crippen LogP contribution in [0.25, 0.3) is 4.85 Å². The van der Waals surface area contributed by atoms with Gasteiger partial charge in [0.15, 0.2) is 0 Å². The normalized spacial score (nSPS) is 28.3. The summed E-state index contributed by atoms with van der Waals surface area (Å²) in [4.78, 5) is 3.35. The first-order chi connectivity index (χ1) is 8.27. The lowest BCUT2D eigenvalue weighted by Gasteiger charge is -2.35. The molecule has 0 saturated heterocycles. The molecule has 0 aromatic rings. The van der Waals surface area contributed by atoms with Crippen LogP contribution in [-0.2, 0) is 0 Å². The monoisotopic (exact) mass is 234 g/mol. The summed E-state index contributed by atoms with van der Waals surface area (Å²) in [7, 11) is 0. The van der Waals surface area contributed by atoms with Crippen molar-refractivity contribution in [2.24, 2.45) is 5.92 Å². The van der Waals surface area contributed by atoms with E-state index in [-0.39, 0.29) is 0 Å². The molecule has 1 aliphatic rings. The first-order valence-corrected chi connectivity index (χ1v) is 6.45. The zero-order chi connectivity index (χ0) is 12.5.